The molecule has 1 rings (SSSR count). The Kier molecular flexibility index (Phi) is 7.53. The molecule has 1 atom stereocenters. The van der Waals surface area contributed by atoms with Gasteiger partial charge in [-0.15, -0.1) is 12.3 Å². The highest BCUT2D eigenvalue weighted by Crippen LogP contribution is 2.25. The van der Waals surface area contributed by atoms with Crippen LogP contribution in [0.1, 0.15) is 26.7 Å². The van der Waals surface area contributed by atoms with Gasteiger partial charge in [0.05, 0.1) is 6.61 Å². The van der Waals surface area contributed by atoms with Gasteiger partial charge in [-0.05, 0) is 25.5 Å². The SMILES string of the molecule is C#CCC(CC)NCCOc1ccccc1OCC. The first kappa shape index (κ1) is 15.4. The quantitative estimate of drug-likeness (QED) is 0.548. The molecule has 0 aliphatic carbocycles. The van der Waals surface area contributed by atoms with Gasteiger partial charge < -0.3 is 14.8 Å². The second-order valence-electron chi connectivity index (χ2n) is 4.20. The summed E-state index contributed by atoms with van der Waals surface area (Å²) in [7, 11) is 0. The molecule has 0 aliphatic rings. The number of nitrogens with one attached hydrogen (secondary N) is 1. The van der Waals surface area contributed by atoms with Crippen molar-refractivity contribution in [1.29, 1.82) is 0 Å². The molecule has 0 heterocycles. The summed E-state index contributed by atoms with van der Waals surface area (Å²) in [6.45, 7) is 6.11. The van der Waals surface area contributed by atoms with Crippen LogP contribution >= 0.6 is 0 Å². The molecule has 0 spiro atoms. The molecule has 1 unspecified atom stereocenters. The van der Waals surface area contributed by atoms with E-state index in [0.717, 1.165) is 30.9 Å². The van der Waals surface area contributed by atoms with E-state index in [2.05, 4.69) is 18.2 Å². The highest BCUT2D eigenvalue weighted by atomic mass is 16.5. The molecule has 0 bridgehead atoms. The summed E-state index contributed by atoms with van der Waals surface area (Å²) in [5.74, 6) is 4.26. The van der Waals surface area contributed by atoms with E-state index in [1.165, 1.54) is 0 Å². The summed E-state index contributed by atoms with van der Waals surface area (Å²) in [5.41, 5.74) is 0. The summed E-state index contributed by atoms with van der Waals surface area (Å²) < 4.78 is 11.2. The van der Waals surface area contributed by atoms with E-state index >= 15 is 0 Å². The first-order valence-electron chi connectivity index (χ1n) is 6.83. The topological polar surface area (TPSA) is 30.5 Å². The number of hydrogen-bond donors (Lipinski definition) is 1. The fourth-order valence-electron chi connectivity index (χ4n) is 1.77. The number of para-hydroxylation sites is 2. The third-order valence-electron chi connectivity index (χ3n) is 2.80. The zero-order valence-electron chi connectivity index (χ0n) is 11.8. The smallest absolute Gasteiger partial charge is 0.161 e. The zero-order valence-corrected chi connectivity index (χ0v) is 11.8. The number of hydrogen-bond acceptors (Lipinski definition) is 3. The fourth-order valence-corrected chi connectivity index (χ4v) is 1.77. The van der Waals surface area contributed by atoms with Crippen molar-refractivity contribution in [3.8, 4) is 23.8 Å². The predicted octanol–water partition coefficient (Wildman–Crippen LogP) is 2.86. The average molecular weight is 261 g/mol. The van der Waals surface area contributed by atoms with Crippen LogP contribution in [0.5, 0.6) is 11.5 Å². The standard InChI is InChI=1S/C16H23NO2/c1-4-9-14(5-2)17-12-13-19-16-11-8-7-10-15(16)18-6-3/h1,7-8,10-11,14,17H,5-6,9,12-13H2,2-3H3. The third-order valence-corrected chi connectivity index (χ3v) is 2.80. The number of rotatable bonds is 9. The molecular formula is C16H23NO2. The fraction of sp³-hybridized carbons (Fsp3) is 0.500. The van der Waals surface area contributed by atoms with Crippen LogP contribution in [0, 0.1) is 12.3 Å². The Morgan fingerprint density at radius 3 is 2.47 bits per heavy atom. The Labute approximate surface area is 116 Å². The minimum absolute atomic E-state index is 0.371. The summed E-state index contributed by atoms with van der Waals surface area (Å²) in [6, 6.07) is 8.09. The second-order valence-corrected chi connectivity index (χ2v) is 4.20. The van der Waals surface area contributed by atoms with E-state index < -0.39 is 0 Å². The van der Waals surface area contributed by atoms with Crippen molar-refractivity contribution in [3.63, 3.8) is 0 Å². The zero-order chi connectivity index (χ0) is 13.9. The molecule has 0 aliphatic heterocycles. The van der Waals surface area contributed by atoms with Crippen molar-refractivity contribution in [2.75, 3.05) is 19.8 Å². The van der Waals surface area contributed by atoms with Gasteiger partial charge in [-0.25, -0.2) is 0 Å². The molecule has 1 N–H and O–H groups in total. The Morgan fingerprint density at radius 1 is 1.21 bits per heavy atom. The van der Waals surface area contributed by atoms with Crippen LogP contribution in [0.15, 0.2) is 24.3 Å². The molecular weight excluding hydrogens is 238 g/mol. The van der Waals surface area contributed by atoms with Crippen molar-refractivity contribution in [2.24, 2.45) is 0 Å². The van der Waals surface area contributed by atoms with Gasteiger partial charge in [0.1, 0.15) is 6.61 Å². The Bertz CT molecular complexity index is 398. The van der Waals surface area contributed by atoms with Crippen molar-refractivity contribution in [2.45, 2.75) is 32.7 Å². The molecule has 0 saturated carbocycles. The molecule has 19 heavy (non-hydrogen) atoms. The van der Waals surface area contributed by atoms with Gasteiger partial charge in [-0.1, -0.05) is 19.1 Å². The highest BCUT2D eigenvalue weighted by molar-refractivity contribution is 5.39. The first-order chi connectivity index (χ1) is 9.31. The largest absolute Gasteiger partial charge is 0.490 e. The van der Waals surface area contributed by atoms with Crippen LogP contribution < -0.4 is 14.8 Å². The molecule has 3 nitrogen and oxygen atoms in total. The van der Waals surface area contributed by atoms with Crippen LogP contribution in [0.25, 0.3) is 0 Å². The lowest BCUT2D eigenvalue weighted by atomic mass is 10.1. The molecule has 0 saturated heterocycles. The van der Waals surface area contributed by atoms with Gasteiger partial charge in [0, 0.05) is 19.0 Å². The van der Waals surface area contributed by atoms with E-state index in [4.69, 9.17) is 15.9 Å². The van der Waals surface area contributed by atoms with Gasteiger partial charge in [-0.2, -0.15) is 0 Å². The summed E-state index contributed by atoms with van der Waals surface area (Å²) in [5, 5.41) is 3.38. The van der Waals surface area contributed by atoms with E-state index in [-0.39, 0.29) is 0 Å². The molecule has 104 valence electrons. The van der Waals surface area contributed by atoms with Crippen molar-refractivity contribution in [3.05, 3.63) is 24.3 Å². The monoisotopic (exact) mass is 261 g/mol. The predicted molar refractivity (Wildman–Crippen MR) is 78.6 cm³/mol. The number of terminal acetylenes is 1. The maximum absolute atomic E-state index is 5.72. The van der Waals surface area contributed by atoms with Crippen LogP contribution in [-0.2, 0) is 0 Å². The molecule has 0 fully saturated rings. The van der Waals surface area contributed by atoms with Gasteiger partial charge in [0.25, 0.3) is 0 Å². The van der Waals surface area contributed by atoms with Gasteiger partial charge in [0.2, 0.25) is 0 Å². The lowest BCUT2D eigenvalue weighted by molar-refractivity contribution is 0.271. The van der Waals surface area contributed by atoms with Crippen molar-refractivity contribution >= 4 is 0 Å². The van der Waals surface area contributed by atoms with Crippen LogP contribution in [-0.4, -0.2) is 25.8 Å². The second kappa shape index (κ2) is 9.29. The average Bonchev–Trinajstić information content (AvgIpc) is 2.44. The first-order valence-corrected chi connectivity index (χ1v) is 6.83. The lowest BCUT2D eigenvalue weighted by Crippen LogP contribution is -2.31. The summed E-state index contributed by atoms with van der Waals surface area (Å²) in [4.78, 5) is 0. The molecule has 1 aromatic carbocycles. The third kappa shape index (κ3) is 5.67. The van der Waals surface area contributed by atoms with E-state index in [0.29, 0.717) is 19.3 Å². The molecule has 0 amide bonds. The van der Waals surface area contributed by atoms with Crippen molar-refractivity contribution < 1.29 is 9.47 Å². The number of benzene rings is 1. The van der Waals surface area contributed by atoms with Crippen molar-refractivity contribution in [1.82, 2.24) is 5.32 Å². The molecule has 1 aromatic rings. The highest BCUT2D eigenvalue weighted by Gasteiger charge is 2.05. The van der Waals surface area contributed by atoms with Gasteiger partial charge >= 0.3 is 0 Å². The molecule has 0 radical (unpaired) electrons. The summed E-state index contributed by atoms with van der Waals surface area (Å²) in [6.07, 6.45) is 7.10. The van der Waals surface area contributed by atoms with Crippen LogP contribution in [0.4, 0.5) is 0 Å². The van der Waals surface area contributed by atoms with Crippen LogP contribution in [0.2, 0.25) is 0 Å². The summed E-state index contributed by atoms with van der Waals surface area (Å²) >= 11 is 0. The molecule has 3 heteroatoms. The van der Waals surface area contributed by atoms with Gasteiger partial charge in [0.15, 0.2) is 11.5 Å². The normalized spacial score (nSPS) is 11.6. The van der Waals surface area contributed by atoms with E-state index in [1.807, 2.05) is 31.2 Å². The molecule has 0 aromatic heterocycles. The minimum Gasteiger partial charge on any atom is -0.490 e. The maximum atomic E-state index is 5.72. The maximum Gasteiger partial charge on any atom is 0.161 e. The van der Waals surface area contributed by atoms with E-state index in [1.54, 1.807) is 0 Å². The number of ether oxygens (including phenoxy) is 2. The Morgan fingerprint density at radius 2 is 1.89 bits per heavy atom. The van der Waals surface area contributed by atoms with Crippen LogP contribution in [0.3, 0.4) is 0 Å². The lowest BCUT2D eigenvalue weighted by Gasteiger charge is -2.15. The van der Waals surface area contributed by atoms with Gasteiger partial charge in [-0.3, -0.25) is 0 Å². The Hall–Kier alpha value is -1.66. The Balaban J connectivity index is 2.35. The van der Waals surface area contributed by atoms with E-state index in [9.17, 15) is 0 Å². The minimum atomic E-state index is 0.371.